The van der Waals surface area contributed by atoms with Crippen molar-refractivity contribution in [3.05, 3.63) is 145 Å². The molecule has 0 spiro atoms. The van der Waals surface area contributed by atoms with Crippen molar-refractivity contribution in [1.29, 1.82) is 0 Å². The van der Waals surface area contributed by atoms with Gasteiger partial charge in [0, 0.05) is 45.4 Å². The van der Waals surface area contributed by atoms with E-state index < -0.39 is 0 Å². The van der Waals surface area contributed by atoms with Crippen molar-refractivity contribution < 1.29 is 10.2 Å². The summed E-state index contributed by atoms with van der Waals surface area (Å²) in [5.41, 5.74) is 8.18. The van der Waals surface area contributed by atoms with Crippen LogP contribution in [-0.2, 0) is 10.8 Å². The summed E-state index contributed by atoms with van der Waals surface area (Å²) in [5.74, 6) is 0.240. The Labute approximate surface area is 315 Å². The van der Waals surface area contributed by atoms with Crippen LogP contribution >= 0.6 is 0 Å². The smallest absolute Gasteiger partial charge is 0.134 e. The summed E-state index contributed by atoms with van der Waals surface area (Å²) in [6.45, 7) is 13.0. The zero-order valence-electron chi connectivity index (χ0n) is 31.4. The number of aromatic hydroxyl groups is 2. The number of phenolic OH excluding ortho intramolecular Hbond substituents is 2. The van der Waals surface area contributed by atoms with E-state index in [1.807, 2.05) is 84.9 Å². The van der Waals surface area contributed by atoms with Gasteiger partial charge in [0.05, 0.1) is 34.2 Å². The fraction of sp³-hybridized carbons (Fsp3) is 0.167. The minimum atomic E-state index is -0.216. The second-order valence-corrected chi connectivity index (χ2v) is 15.9. The number of aromatic nitrogens is 4. The van der Waals surface area contributed by atoms with Crippen molar-refractivity contribution in [2.45, 2.75) is 52.4 Å². The molecule has 0 aliphatic carbocycles. The summed E-state index contributed by atoms with van der Waals surface area (Å²) < 4.78 is 0. The predicted molar refractivity (Wildman–Crippen MR) is 221 cm³/mol. The zero-order valence-corrected chi connectivity index (χ0v) is 31.4. The molecule has 4 aromatic carbocycles. The van der Waals surface area contributed by atoms with Gasteiger partial charge in [0.2, 0.25) is 0 Å². The van der Waals surface area contributed by atoms with Gasteiger partial charge in [-0.15, -0.1) is 0 Å². The summed E-state index contributed by atoms with van der Waals surface area (Å²) in [6.07, 6.45) is 3.48. The molecule has 0 atom stereocenters. The van der Waals surface area contributed by atoms with Gasteiger partial charge in [-0.3, -0.25) is 9.97 Å². The van der Waals surface area contributed by atoms with Crippen LogP contribution in [-0.4, -0.2) is 30.1 Å². The molecule has 0 amide bonds. The molecule has 0 radical (unpaired) electrons. The Kier molecular flexibility index (Phi) is 8.49. The van der Waals surface area contributed by atoms with Crippen LogP contribution in [0.1, 0.15) is 52.7 Å². The third kappa shape index (κ3) is 6.34. The van der Waals surface area contributed by atoms with Gasteiger partial charge in [-0.2, -0.15) is 0 Å². The fourth-order valence-electron chi connectivity index (χ4n) is 7.00. The van der Waals surface area contributed by atoms with E-state index in [0.29, 0.717) is 56.4 Å². The highest BCUT2D eigenvalue weighted by atomic mass is 16.3. The van der Waals surface area contributed by atoms with Crippen LogP contribution in [0, 0.1) is 0 Å². The number of phenols is 2. The number of rotatable bonds is 5. The van der Waals surface area contributed by atoms with E-state index in [-0.39, 0.29) is 22.3 Å². The maximum atomic E-state index is 12.1. The number of benzene rings is 4. The lowest BCUT2D eigenvalue weighted by Gasteiger charge is -2.23. The number of hydrogen-bond acceptors (Lipinski definition) is 6. The molecule has 0 fully saturated rings. The number of pyridine rings is 4. The highest BCUT2D eigenvalue weighted by molar-refractivity contribution is 6.02. The van der Waals surface area contributed by atoms with E-state index in [1.54, 1.807) is 12.4 Å². The molecule has 4 heterocycles. The van der Waals surface area contributed by atoms with Crippen molar-refractivity contribution in [1.82, 2.24) is 19.9 Å². The third-order valence-electron chi connectivity index (χ3n) is 10.1. The topological polar surface area (TPSA) is 92.0 Å². The summed E-state index contributed by atoms with van der Waals surface area (Å²) in [5, 5.41) is 27.8. The lowest BCUT2D eigenvalue weighted by molar-refractivity contribution is 0.477. The van der Waals surface area contributed by atoms with E-state index in [2.05, 4.69) is 87.9 Å². The van der Waals surface area contributed by atoms with Gasteiger partial charge in [0.1, 0.15) is 11.5 Å². The maximum Gasteiger partial charge on any atom is 0.134 e. The van der Waals surface area contributed by atoms with Crippen LogP contribution in [0.4, 0.5) is 0 Å². The molecule has 266 valence electrons. The molecule has 4 aromatic heterocycles. The Bertz CT molecular complexity index is 2500. The van der Waals surface area contributed by atoms with Gasteiger partial charge >= 0.3 is 0 Å². The van der Waals surface area contributed by atoms with Crippen LogP contribution in [0.2, 0.25) is 0 Å². The van der Waals surface area contributed by atoms with Crippen LogP contribution < -0.4 is 0 Å². The van der Waals surface area contributed by atoms with Crippen molar-refractivity contribution in [2.24, 2.45) is 0 Å². The van der Waals surface area contributed by atoms with E-state index in [4.69, 9.17) is 9.97 Å². The van der Waals surface area contributed by atoms with Crippen molar-refractivity contribution in [2.75, 3.05) is 0 Å². The van der Waals surface area contributed by atoms with Gasteiger partial charge in [0.25, 0.3) is 0 Å². The first-order valence-corrected chi connectivity index (χ1v) is 18.3. The average molecular weight is 707 g/mol. The van der Waals surface area contributed by atoms with Gasteiger partial charge in [-0.05, 0) is 93.4 Å². The molecule has 0 bridgehead atoms. The molecule has 2 N–H and O–H groups in total. The fourth-order valence-corrected chi connectivity index (χ4v) is 7.00. The predicted octanol–water partition coefficient (Wildman–Crippen LogP) is 11.9. The maximum absolute atomic E-state index is 12.1. The highest BCUT2D eigenvalue weighted by Crippen LogP contribution is 2.46. The Morgan fingerprint density at radius 1 is 0.407 bits per heavy atom. The second kappa shape index (κ2) is 13.2. The normalized spacial score (nSPS) is 12.0. The zero-order chi connectivity index (χ0) is 37.8. The van der Waals surface area contributed by atoms with Crippen LogP contribution in [0.5, 0.6) is 11.5 Å². The average Bonchev–Trinajstić information content (AvgIpc) is 3.17. The number of hydrogen-bond donors (Lipinski definition) is 2. The highest BCUT2D eigenvalue weighted by Gasteiger charge is 2.25. The summed E-state index contributed by atoms with van der Waals surface area (Å²) in [6, 6.07) is 39.9. The molecule has 54 heavy (non-hydrogen) atoms. The lowest BCUT2D eigenvalue weighted by Crippen LogP contribution is -2.12. The van der Waals surface area contributed by atoms with Gasteiger partial charge in [-0.1, -0.05) is 102 Å². The van der Waals surface area contributed by atoms with E-state index in [0.717, 1.165) is 32.7 Å². The van der Waals surface area contributed by atoms with Crippen molar-refractivity contribution >= 4 is 21.5 Å². The third-order valence-corrected chi connectivity index (χ3v) is 10.1. The standard InChI is InChI=1S/C48H42N4O2/c1-47(2,3)31-25-35(39-19-11-13-21-49-39)45(53)37(27-31)43-33-17-9-7-15-29(33)23-41(51-43)42-24-30-16-8-10-18-34(30)44(52-42)38-28-32(48(4,5)6)26-36(46(38)54)40-20-12-14-22-50-40/h7-28,53-54H,1-6H3. The quantitative estimate of drug-likeness (QED) is 0.185. The Balaban J connectivity index is 1.41. The molecule has 0 unspecified atom stereocenters. The largest absolute Gasteiger partial charge is 0.507 e. The molecule has 0 aliphatic heterocycles. The molecule has 0 aliphatic rings. The summed E-state index contributed by atoms with van der Waals surface area (Å²) in [4.78, 5) is 19.9. The Hall–Kier alpha value is -6.40. The van der Waals surface area contributed by atoms with Crippen LogP contribution in [0.15, 0.2) is 134 Å². The van der Waals surface area contributed by atoms with E-state index in [1.165, 1.54) is 0 Å². The molecular weight excluding hydrogens is 665 g/mol. The SMILES string of the molecule is CC(C)(C)c1cc(-c2ccccn2)c(O)c(-c2nc(-c3cc4ccccc4c(-c4cc(C(C)(C)C)cc(-c5ccccn5)c4O)n3)cc3ccccc23)c1. The van der Waals surface area contributed by atoms with Gasteiger partial charge in [0.15, 0.2) is 0 Å². The van der Waals surface area contributed by atoms with Gasteiger partial charge < -0.3 is 10.2 Å². The second-order valence-electron chi connectivity index (χ2n) is 15.9. The molecule has 8 rings (SSSR count). The molecule has 0 saturated heterocycles. The Morgan fingerprint density at radius 2 is 0.778 bits per heavy atom. The molecular formula is C48H42N4O2. The van der Waals surface area contributed by atoms with Gasteiger partial charge in [-0.25, -0.2) is 9.97 Å². The number of nitrogens with zero attached hydrogens (tertiary/aromatic N) is 4. The molecule has 6 heteroatoms. The molecule has 0 saturated carbocycles. The summed E-state index contributed by atoms with van der Waals surface area (Å²) in [7, 11) is 0. The van der Waals surface area contributed by atoms with Crippen molar-refractivity contribution in [3.63, 3.8) is 0 Å². The van der Waals surface area contributed by atoms with Crippen LogP contribution in [0.25, 0.3) is 78.0 Å². The van der Waals surface area contributed by atoms with E-state index in [9.17, 15) is 10.2 Å². The lowest BCUT2D eigenvalue weighted by atomic mass is 9.83. The van der Waals surface area contributed by atoms with E-state index >= 15 is 0 Å². The summed E-state index contributed by atoms with van der Waals surface area (Å²) >= 11 is 0. The monoisotopic (exact) mass is 706 g/mol. The minimum absolute atomic E-state index is 0.120. The first-order chi connectivity index (χ1) is 25.9. The first kappa shape index (κ1) is 34.7. The number of fused-ring (bicyclic) bond motifs is 2. The Morgan fingerprint density at radius 3 is 1.15 bits per heavy atom. The molecule has 6 nitrogen and oxygen atoms in total. The first-order valence-electron chi connectivity index (χ1n) is 18.3. The molecule has 8 aromatic rings. The van der Waals surface area contributed by atoms with Crippen molar-refractivity contribution in [3.8, 4) is 67.9 Å². The van der Waals surface area contributed by atoms with Crippen LogP contribution in [0.3, 0.4) is 0 Å². The minimum Gasteiger partial charge on any atom is -0.507 e.